The second-order valence-corrected chi connectivity index (χ2v) is 1.27. The largest absolute Gasteiger partial charge is 0.237 e. The fourth-order valence-corrected chi connectivity index (χ4v) is 0.302. The molecule has 0 bridgehead atoms. The zero-order chi connectivity index (χ0) is 5.54. The van der Waals surface area contributed by atoms with E-state index in [1.54, 1.807) is 0 Å². The number of hydrogen-bond acceptors (Lipinski definition) is 0. The second kappa shape index (κ2) is 5.81. The highest BCUT2D eigenvalue weighted by Gasteiger charge is 1.76. The Morgan fingerprint density at radius 3 is 2.71 bits per heavy atom. The molecule has 0 aliphatic heterocycles. The Labute approximate surface area is 48.3 Å². The van der Waals surface area contributed by atoms with Crippen LogP contribution in [-0.4, -0.2) is 6.61 Å². The first-order valence-electron chi connectivity index (χ1n) is 2.08. The average Bonchev–Trinajstić information content (AvgIpc) is 1.69. The van der Waals surface area contributed by atoms with Crippen molar-refractivity contribution < 1.29 is 5.11 Å². The first-order chi connectivity index (χ1) is 3.41. The van der Waals surface area contributed by atoms with E-state index in [-0.39, 0.29) is 6.61 Å². The van der Waals surface area contributed by atoms with E-state index in [9.17, 15) is 5.11 Å². The molecule has 0 saturated carbocycles. The van der Waals surface area contributed by atoms with E-state index in [0.717, 1.165) is 0 Å². The molecule has 0 N–H and O–H groups in total. The Hall–Kier alpha value is -0.190. The van der Waals surface area contributed by atoms with Crippen molar-refractivity contribution in [1.29, 1.82) is 0 Å². The summed E-state index contributed by atoms with van der Waals surface area (Å²) in [5.74, 6) is 2.56. The summed E-state index contributed by atoms with van der Waals surface area (Å²) in [7, 11) is 0. The maximum atomic E-state index is 9.69. The molecule has 39 valence electrons. The monoisotopic (exact) mass is 117 g/mol. The molecule has 0 amide bonds. The van der Waals surface area contributed by atoms with Crippen LogP contribution in [0.3, 0.4) is 0 Å². The predicted octanol–water partition coefficient (Wildman–Crippen LogP) is 1.40. The standard InChI is InChI=1S/C5H6ClO/c6-4-2-1-3-5-7/h1,3,5H2. The SMILES string of the molecule is [O]CCCC#CCl. The van der Waals surface area contributed by atoms with Crippen LogP contribution in [0.25, 0.3) is 0 Å². The highest BCUT2D eigenvalue weighted by atomic mass is 35.5. The van der Waals surface area contributed by atoms with Crippen molar-refractivity contribution in [3.05, 3.63) is 0 Å². The molecule has 1 radical (unpaired) electrons. The first kappa shape index (κ1) is 6.81. The van der Waals surface area contributed by atoms with Crippen molar-refractivity contribution in [3.63, 3.8) is 0 Å². The summed E-state index contributed by atoms with van der Waals surface area (Å²) in [6, 6.07) is 0. The first-order valence-corrected chi connectivity index (χ1v) is 2.46. The van der Waals surface area contributed by atoms with Crippen molar-refractivity contribution >= 4 is 11.6 Å². The van der Waals surface area contributed by atoms with Crippen LogP contribution in [0.15, 0.2) is 0 Å². The number of hydrogen-bond donors (Lipinski definition) is 0. The molecule has 0 saturated heterocycles. The molecular formula is C5H6ClO. The van der Waals surface area contributed by atoms with Gasteiger partial charge in [0.25, 0.3) is 0 Å². The summed E-state index contributed by atoms with van der Waals surface area (Å²) >= 11 is 4.97. The van der Waals surface area contributed by atoms with Crippen molar-refractivity contribution in [3.8, 4) is 11.3 Å². The van der Waals surface area contributed by atoms with Gasteiger partial charge in [-0.3, -0.25) is 0 Å². The van der Waals surface area contributed by atoms with E-state index in [2.05, 4.69) is 11.3 Å². The van der Waals surface area contributed by atoms with Gasteiger partial charge in [-0.2, -0.15) is 0 Å². The fourth-order valence-electron chi connectivity index (χ4n) is 0.208. The van der Waals surface area contributed by atoms with Gasteiger partial charge in [-0.1, -0.05) is 5.92 Å². The molecule has 0 fully saturated rings. The van der Waals surface area contributed by atoms with Crippen LogP contribution >= 0.6 is 11.6 Å². The van der Waals surface area contributed by atoms with Crippen LogP contribution < -0.4 is 0 Å². The number of unbranched alkanes of at least 4 members (excludes halogenated alkanes) is 1. The van der Waals surface area contributed by atoms with Gasteiger partial charge in [-0.25, -0.2) is 5.11 Å². The molecule has 0 aromatic carbocycles. The van der Waals surface area contributed by atoms with E-state index in [1.165, 1.54) is 0 Å². The van der Waals surface area contributed by atoms with Gasteiger partial charge in [0.2, 0.25) is 0 Å². The van der Waals surface area contributed by atoms with Crippen LogP contribution in [-0.2, 0) is 5.11 Å². The van der Waals surface area contributed by atoms with Gasteiger partial charge in [0.1, 0.15) is 0 Å². The molecule has 1 nitrogen and oxygen atoms in total. The highest BCUT2D eigenvalue weighted by molar-refractivity contribution is 6.30. The normalized spacial score (nSPS) is 7.14. The minimum absolute atomic E-state index is 0.0500. The van der Waals surface area contributed by atoms with Gasteiger partial charge < -0.3 is 0 Å². The van der Waals surface area contributed by atoms with Crippen molar-refractivity contribution in [2.45, 2.75) is 12.8 Å². The molecule has 0 rings (SSSR count). The van der Waals surface area contributed by atoms with E-state index in [0.29, 0.717) is 12.8 Å². The molecule has 0 aromatic heterocycles. The summed E-state index contributed by atoms with van der Waals surface area (Å²) in [6.07, 6.45) is 1.24. The lowest BCUT2D eigenvalue weighted by atomic mass is 10.3. The fraction of sp³-hybridized carbons (Fsp3) is 0.600. The summed E-state index contributed by atoms with van der Waals surface area (Å²) in [5, 5.41) is 11.9. The molecule has 0 atom stereocenters. The van der Waals surface area contributed by atoms with Crippen LogP contribution in [0, 0.1) is 11.3 Å². The molecular weight excluding hydrogens is 112 g/mol. The Balaban J connectivity index is 2.78. The molecule has 0 aliphatic rings. The third-order valence-corrected chi connectivity index (χ3v) is 0.647. The maximum absolute atomic E-state index is 9.69. The molecule has 0 unspecified atom stereocenters. The lowest BCUT2D eigenvalue weighted by molar-refractivity contribution is 0.190. The van der Waals surface area contributed by atoms with Crippen LogP contribution in [0.2, 0.25) is 0 Å². The predicted molar refractivity (Wildman–Crippen MR) is 28.4 cm³/mol. The topological polar surface area (TPSA) is 19.9 Å². The van der Waals surface area contributed by atoms with Crippen molar-refractivity contribution in [2.24, 2.45) is 0 Å². The highest BCUT2D eigenvalue weighted by Crippen LogP contribution is 1.82. The van der Waals surface area contributed by atoms with E-state index >= 15 is 0 Å². The van der Waals surface area contributed by atoms with E-state index in [1.807, 2.05) is 0 Å². The molecule has 0 heterocycles. The molecule has 0 aromatic rings. The zero-order valence-electron chi connectivity index (χ0n) is 3.91. The third-order valence-electron chi connectivity index (χ3n) is 0.513. The van der Waals surface area contributed by atoms with Crippen molar-refractivity contribution in [1.82, 2.24) is 0 Å². The summed E-state index contributed by atoms with van der Waals surface area (Å²) in [4.78, 5) is 0. The van der Waals surface area contributed by atoms with E-state index in [4.69, 9.17) is 11.6 Å². The van der Waals surface area contributed by atoms with Gasteiger partial charge in [0.15, 0.2) is 0 Å². The van der Waals surface area contributed by atoms with Gasteiger partial charge in [-0.15, -0.1) is 0 Å². The van der Waals surface area contributed by atoms with E-state index < -0.39 is 0 Å². The minimum atomic E-state index is -0.0500. The minimum Gasteiger partial charge on any atom is -0.237 e. The van der Waals surface area contributed by atoms with Gasteiger partial charge in [0.05, 0.1) is 6.61 Å². The second-order valence-electron chi connectivity index (χ2n) is 1.08. The Morgan fingerprint density at radius 1 is 1.57 bits per heavy atom. The van der Waals surface area contributed by atoms with Crippen LogP contribution in [0.5, 0.6) is 0 Å². The van der Waals surface area contributed by atoms with Gasteiger partial charge in [0, 0.05) is 11.8 Å². The van der Waals surface area contributed by atoms with Gasteiger partial charge in [-0.05, 0) is 18.0 Å². The number of halogens is 1. The lowest BCUT2D eigenvalue weighted by Crippen LogP contribution is -1.75. The molecule has 7 heavy (non-hydrogen) atoms. The summed E-state index contributed by atoms with van der Waals surface area (Å²) in [5.41, 5.74) is 0. The van der Waals surface area contributed by atoms with Crippen LogP contribution in [0.1, 0.15) is 12.8 Å². The Kier molecular flexibility index (Phi) is 5.65. The zero-order valence-corrected chi connectivity index (χ0v) is 4.66. The number of rotatable bonds is 2. The maximum Gasteiger partial charge on any atom is 0.0831 e. The van der Waals surface area contributed by atoms with Gasteiger partial charge >= 0.3 is 0 Å². The average molecular weight is 118 g/mol. The molecule has 0 spiro atoms. The quantitative estimate of drug-likeness (QED) is 0.385. The lowest BCUT2D eigenvalue weighted by Gasteiger charge is -1.77. The third kappa shape index (κ3) is 5.81. The van der Waals surface area contributed by atoms with Crippen molar-refractivity contribution in [2.75, 3.05) is 6.61 Å². The molecule has 0 aliphatic carbocycles. The summed E-state index contributed by atoms with van der Waals surface area (Å²) in [6.45, 7) is -0.0500. The van der Waals surface area contributed by atoms with Crippen LogP contribution in [0.4, 0.5) is 0 Å². The summed E-state index contributed by atoms with van der Waals surface area (Å²) < 4.78 is 0. The Morgan fingerprint density at radius 2 is 2.29 bits per heavy atom. The smallest absolute Gasteiger partial charge is 0.0831 e. The molecule has 2 heteroatoms. The Bertz CT molecular complexity index is 79.8.